The van der Waals surface area contributed by atoms with Gasteiger partial charge in [0.1, 0.15) is 12.4 Å². The molecule has 1 heterocycles. The predicted molar refractivity (Wildman–Crippen MR) is 104 cm³/mol. The van der Waals surface area contributed by atoms with Crippen LogP contribution in [0.5, 0.6) is 11.6 Å². The molecule has 3 aromatic rings. The highest BCUT2D eigenvalue weighted by Gasteiger charge is 2.11. The van der Waals surface area contributed by atoms with E-state index in [4.69, 9.17) is 9.47 Å². The Hall–Kier alpha value is -3.60. The van der Waals surface area contributed by atoms with Gasteiger partial charge < -0.3 is 14.6 Å². The lowest BCUT2D eigenvalue weighted by Crippen LogP contribution is -2.00. The van der Waals surface area contributed by atoms with Crippen molar-refractivity contribution >= 4 is 17.6 Å². The number of hydrogen-bond acceptors (Lipinski definition) is 4. The van der Waals surface area contributed by atoms with Crippen LogP contribution in [-0.2, 0) is 11.4 Å². The van der Waals surface area contributed by atoms with E-state index in [9.17, 15) is 9.90 Å². The number of aromatic nitrogens is 1. The van der Waals surface area contributed by atoms with Crippen LogP contribution in [0.15, 0.2) is 72.9 Å². The van der Waals surface area contributed by atoms with Crippen molar-refractivity contribution in [2.24, 2.45) is 0 Å². The third-order valence-electron chi connectivity index (χ3n) is 3.92. The molecule has 1 N–H and O–H groups in total. The molecule has 136 valence electrons. The molecule has 0 unspecified atom stereocenters. The van der Waals surface area contributed by atoms with E-state index >= 15 is 0 Å². The number of carboxylic acid groups (broad SMARTS) is 1. The molecule has 0 radical (unpaired) electrons. The second-order valence-electron chi connectivity index (χ2n) is 5.80. The fourth-order valence-electron chi connectivity index (χ4n) is 2.50. The van der Waals surface area contributed by atoms with E-state index in [0.717, 1.165) is 5.56 Å². The van der Waals surface area contributed by atoms with Crippen LogP contribution in [0, 0.1) is 0 Å². The van der Waals surface area contributed by atoms with Crippen LogP contribution >= 0.6 is 0 Å². The van der Waals surface area contributed by atoms with Gasteiger partial charge in [0.05, 0.1) is 12.7 Å². The largest absolute Gasteiger partial charge is 0.489 e. The number of carboxylic acids is 1. The van der Waals surface area contributed by atoms with Crippen LogP contribution in [0.2, 0.25) is 0 Å². The zero-order valence-electron chi connectivity index (χ0n) is 14.8. The summed E-state index contributed by atoms with van der Waals surface area (Å²) in [6, 6.07) is 20.3. The normalized spacial score (nSPS) is 11.1. The van der Waals surface area contributed by atoms with Crippen LogP contribution in [0.25, 0.3) is 11.6 Å². The van der Waals surface area contributed by atoms with Crippen LogP contribution in [0.4, 0.5) is 0 Å². The molecule has 0 aliphatic carbocycles. The molecule has 0 saturated carbocycles. The van der Waals surface area contributed by atoms with Crippen molar-refractivity contribution in [1.29, 1.82) is 0 Å². The number of ether oxygens (including phenoxy) is 2. The van der Waals surface area contributed by atoms with Crippen molar-refractivity contribution in [1.82, 2.24) is 4.98 Å². The topological polar surface area (TPSA) is 68.7 Å². The van der Waals surface area contributed by atoms with Crippen molar-refractivity contribution in [2.75, 3.05) is 7.11 Å². The number of benzene rings is 2. The molecule has 0 aliphatic rings. The molecule has 5 nitrogen and oxygen atoms in total. The molecule has 0 amide bonds. The molecule has 3 rings (SSSR count). The summed E-state index contributed by atoms with van der Waals surface area (Å²) in [5, 5.41) is 9.57. The number of rotatable bonds is 7. The number of hydrogen-bond donors (Lipinski definition) is 1. The molecule has 0 atom stereocenters. The van der Waals surface area contributed by atoms with E-state index in [1.807, 2.05) is 30.3 Å². The maximum absolute atomic E-state index is 11.7. The molecule has 0 spiro atoms. The molecular formula is C22H19NO4. The highest BCUT2D eigenvalue weighted by molar-refractivity contribution is 6.20. The van der Waals surface area contributed by atoms with E-state index in [-0.39, 0.29) is 5.57 Å². The summed E-state index contributed by atoms with van der Waals surface area (Å²) >= 11 is 0. The number of pyridine rings is 1. The molecule has 27 heavy (non-hydrogen) atoms. The molecule has 1 aromatic heterocycles. The first-order valence-corrected chi connectivity index (χ1v) is 8.38. The molecule has 5 heteroatoms. The Morgan fingerprint density at radius 2 is 1.78 bits per heavy atom. The molecule has 2 aromatic carbocycles. The van der Waals surface area contributed by atoms with Gasteiger partial charge in [-0.2, -0.15) is 0 Å². The first-order chi connectivity index (χ1) is 13.2. The second kappa shape index (κ2) is 8.67. The van der Waals surface area contributed by atoms with Gasteiger partial charge in [-0.15, -0.1) is 0 Å². The minimum Gasteiger partial charge on any atom is -0.489 e. The highest BCUT2D eigenvalue weighted by Crippen LogP contribution is 2.22. The molecule has 0 bridgehead atoms. The lowest BCUT2D eigenvalue weighted by molar-refractivity contribution is -0.130. The van der Waals surface area contributed by atoms with E-state index in [1.165, 1.54) is 7.11 Å². The van der Waals surface area contributed by atoms with Gasteiger partial charge in [0.2, 0.25) is 5.88 Å². The van der Waals surface area contributed by atoms with Gasteiger partial charge in [-0.3, -0.25) is 0 Å². The third-order valence-corrected chi connectivity index (χ3v) is 3.92. The average Bonchev–Trinajstić information content (AvgIpc) is 2.72. The average molecular weight is 361 g/mol. The fraction of sp³-hybridized carbons (Fsp3) is 0.0909. The Morgan fingerprint density at radius 1 is 1.04 bits per heavy atom. The maximum Gasteiger partial charge on any atom is 0.336 e. The van der Waals surface area contributed by atoms with Crippen molar-refractivity contribution in [2.45, 2.75) is 6.61 Å². The summed E-state index contributed by atoms with van der Waals surface area (Å²) < 4.78 is 10.8. The van der Waals surface area contributed by atoms with E-state index in [1.54, 1.807) is 48.7 Å². The van der Waals surface area contributed by atoms with E-state index in [2.05, 4.69) is 4.98 Å². The lowest BCUT2D eigenvalue weighted by atomic mass is 10.0. The monoisotopic (exact) mass is 361 g/mol. The minimum absolute atomic E-state index is 0.177. The lowest BCUT2D eigenvalue weighted by Gasteiger charge is -2.08. The molecule has 0 aliphatic heterocycles. The molecular weight excluding hydrogens is 342 g/mol. The van der Waals surface area contributed by atoms with Crippen molar-refractivity contribution in [3.05, 3.63) is 89.6 Å². The Bertz CT molecular complexity index is 917. The summed E-state index contributed by atoms with van der Waals surface area (Å²) in [6.45, 7) is 0.458. The van der Waals surface area contributed by atoms with Crippen molar-refractivity contribution in [3.8, 4) is 11.6 Å². The van der Waals surface area contributed by atoms with Gasteiger partial charge in [0, 0.05) is 12.3 Å². The Balaban J connectivity index is 1.75. The summed E-state index contributed by atoms with van der Waals surface area (Å²) in [6.07, 6.45) is 3.15. The van der Waals surface area contributed by atoms with Gasteiger partial charge in [-0.25, -0.2) is 9.78 Å². The summed E-state index contributed by atoms with van der Waals surface area (Å²) in [4.78, 5) is 15.8. The van der Waals surface area contributed by atoms with Gasteiger partial charge in [0.15, 0.2) is 0 Å². The van der Waals surface area contributed by atoms with Crippen LogP contribution in [0.3, 0.4) is 0 Å². The zero-order chi connectivity index (χ0) is 19.1. The van der Waals surface area contributed by atoms with Gasteiger partial charge in [-0.05, 0) is 41.0 Å². The minimum atomic E-state index is -1.01. The predicted octanol–water partition coefficient (Wildman–Crippen LogP) is 4.29. The maximum atomic E-state index is 11.7. The number of nitrogens with zero attached hydrogens (tertiary/aromatic N) is 1. The van der Waals surface area contributed by atoms with Gasteiger partial charge >= 0.3 is 5.97 Å². The van der Waals surface area contributed by atoms with Crippen LogP contribution in [-0.4, -0.2) is 23.2 Å². The summed E-state index contributed by atoms with van der Waals surface area (Å²) in [5.41, 5.74) is 2.51. The first-order valence-electron chi connectivity index (χ1n) is 8.38. The van der Waals surface area contributed by atoms with Gasteiger partial charge in [0.25, 0.3) is 0 Å². The van der Waals surface area contributed by atoms with Crippen LogP contribution < -0.4 is 9.47 Å². The Labute approximate surface area is 157 Å². The molecule has 0 fully saturated rings. The van der Waals surface area contributed by atoms with Crippen LogP contribution in [0.1, 0.15) is 16.7 Å². The first kappa shape index (κ1) is 18.2. The number of carbonyl (C=O) groups is 1. The second-order valence-corrected chi connectivity index (χ2v) is 5.80. The number of aliphatic carboxylic acids is 1. The Morgan fingerprint density at radius 3 is 2.37 bits per heavy atom. The number of methoxy groups -OCH3 is 1. The van der Waals surface area contributed by atoms with Crippen molar-refractivity contribution < 1.29 is 19.4 Å². The van der Waals surface area contributed by atoms with E-state index < -0.39 is 5.97 Å². The SMILES string of the molecule is COc1ccc(/C=C(\C(=O)O)c2ccc(OCc3ccccc3)cc2)cn1. The summed E-state index contributed by atoms with van der Waals surface area (Å²) in [5.74, 6) is 0.145. The Kier molecular flexibility index (Phi) is 5.84. The third kappa shape index (κ3) is 4.95. The standard InChI is InChI=1S/C22H19NO4/c1-26-21-12-7-17(14-23-21)13-20(22(24)25)18-8-10-19(11-9-18)27-15-16-5-3-2-4-6-16/h2-14H,15H2,1H3,(H,24,25)/b20-13-. The highest BCUT2D eigenvalue weighted by atomic mass is 16.5. The summed E-state index contributed by atoms with van der Waals surface area (Å²) in [7, 11) is 1.53. The van der Waals surface area contributed by atoms with E-state index in [0.29, 0.717) is 29.4 Å². The van der Waals surface area contributed by atoms with Gasteiger partial charge in [-0.1, -0.05) is 42.5 Å². The molecule has 0 saturated heterocycles. The van der Waals surface area contributed by atoms with Crippen molar-refractivity contribution in [3.63, 3.8) is 0 Å². The smallest absolute Gasteiger partial charge is 0.336 e. The quantitative estimate of drug-likeness (QED) is 0.636. The zero-order valence-corrected chi connectivity index (χ0v) is 14.8. The fourth-order valence-corrected chi connectivity index (χ4v) is 2.50.